The fourth-order valence-corrected chi connectivity index (χ4v) is 3.49. The van der Waals surface area contributed by atoms with Crippen LogP contribution in [0.15, 0.2) is 0 Å². The van der Waals surface area contributed by atoms with Crippen LogP contribution in [0.3, 0.4) is 0 Å². The van der Waals surface area contributed by atoms with E-state index in [9.17, 15) is 19.2 Å². The minimum Gasteiger partial charge on any atom is -0.481 e. The van der Waals surface area contributed by atoms with E-state index < -0.39 is 29.4 Å². The summed E-state index contributed by atoms with van der Waals surface area (Å²) in [6.07, 6.45) is 3.36. The highest BCUT2D eigenvalue weighted by atomic mass is 16.4. The van der Waals surface area contributed by atoms with E-state index in [4.69, 9.17) is 5.11 Å². The average Bonchev–Trinajstić information content (AvgIpc) is 2.75. The van der Waals surface area contributed by atoms with Crippen molar-refractivity contribution in [2.45, 2.75) is 45.1 Å². The quantitative estimate of drug-likeness (QED) is 0.716. The van der Waals surface area contributed by atoms with Crippen LogP contribution in [0.25, 0.3) is 0 Å². The van der Waals surface area contributed by atoms with E-state index in [-0.39, 0.29) is 24.9 Å². The first kappa shape index (κ1) is 18.2. The number of carboxylic acids is 1. The predicted molar refractivity (Wildman–Crippen MR) is 85.0 cm³/mol. The number of imide groups is 1. The van der Waals surface area contributed by atoms with E-state index in [0.29, 0.717) is 6.42 Å². The van der Waals surface area contributed by atoms with Crippen LogP contribution in [0.2, 0.25) is 0 Å². The number of rotatable bonds is 5. The van der Waals surface area contributed by atoms with Gasteiger partial charge in [0.2, 0.25) is 5.91 Å². The topological polar surface area (TPSA) is 107 Å². The third kappa shape index (κ3) is 3.22. The van der Waals surface area contributed by atoms with Crippen LogP contribution in [0.4, 0.5) is 4.79 Å². The number of amides is 4. The van der Waals surface area contributed by atoms with Crippen molar-refractivity contribution in [2.75, 3.05) is 20.1 Å². The number of likely N-dealkylation sites (N-methyl/N-ethyl adjacent to an activating group) is 1. The van der Waals surface area contributed by atoms with Crippen molar-refractivity contribution in [1.82, 2.24) is 15.1 Å². The molecule has 1 heterocycles. The Labute approximate surface area is 141 Å². The molecule has 8 heteroatoms. The summed E-state index contributed by atoms with van der Waals surface area (Å²) in [4.78, 5) is 50.3. The molecule has 2 N–H and O–H groups in total. The van der Waals surface area contributed by atoms with Crippen molar-refractivity contribution in [2.24, 2.45) is 11.8 Å². The Hall–Kier alpha value is -2.12. The second-order valence-electron chi connectivity index (χ2n) is 6.95. The highest BCUT2D eigenvalue weighted by Gasteiger charge is 2.55. The number of carbonyl (C=O) groups excluding carboxylic acids is 3. The fraction of sp³-hybridized carbons (Fsp3) is 0.750. The standard InChI is InChI=1S/C16H25N3O5/c1-10(13(21)22)8-18(3)12(20)9-19-14(23)16(17-15(19)24)7-5-4-6-11(16)2/h10-11H,4-9H2,1-3H3,(H,17,24)(H,21,22). The van der Waals surface area contributed by atoms with Crippen LogP contribution in [0.5, 0.6) is 0 Å². The van der Waals surface area contributed by atoms with Crippen LogP contribution in [0, 0.1) is 11.8 Å². The maximum Gasteiger partial charge on any atom is 0.325 e. The Kier molecular flexibility index (Phi) is 5.15. The normalized spacial score (nSPS) is 28.0. The molecule has 3 atom stereocenters. The van der Waals surface area contributed by atoms with Gasteiger partial charge in [0.25, 0.3) is 5.91 Å². The number of urea groups is 1. The Morgan fingerprint density at radius 2 is 2.08 bits per heavy atom. The first-order valence-corrected chi connectivity index (χ1v) is 8.30. The molecule has 3 unspecified atom stereocenters. The molecule has 0 aromatic carbocycles. The number of aliphatic carboxylic acids is 1. The van der Waals surface area contributed by atoms with Crippen LogP contribution in [0.1, 0.15) is 39.5 Å². The molecule has 1 aliphatic heterocycles. The SMILES string of the molecule is CC(CN(C)C(=O)CN1C(=O)NC2(CCCCC2C)C1=O)C(=O)O. The van der Waals surface area contributed by atoms with Gasteiger partial charge in [0.05, 0.1) is 5.92 Å². The second-order valence-corrected chi connectivity index (χ2v) is 6.95. The Balaban J connectivity index is 2.04. The molecule has 1 spiro atoms. The molecule has 2 rings (SSSR count). The van der Waals surface area contributed by atoms with E-state index in [0.717, 1.165) is 24.2 Å². The maximum absolute atomic E-state index is 12.8. The van der Waals surface area contributed by atoms with Crippen molar-refractivity contribution in [3.05, 3.63) is 0 Å². The molecule has 0 aromatic rings. The van der Waals surface area contributed by atoms with Gasteiger partial charge in [-0.25, -0.2) is 4.79 Å². The van der Waals surface area contributed by atoms with Gasteiger partial charge in [0.1, 0.15) is 12.1 Å². The van der Waals surface area contributed by atoms with E-state index >= 15 is 0 Å². The van der Waals surface area contributed by atoms with Gasteiger partial charge in [-0.05, 0) is 18.8 Å². The zero-order valence-electron chi connectivity index (χ0n) is 14.4. The number of nitrogens with zero attached hydrogens (tertiary/aromatic N) is 2. The molecule has 1 saturated carbocycles. The lowest BCUT2D eigenvalue weighted by Gasteiger charge is -2.36. The summed E-state index contributed by atoms with van der Waals surface area (Å²) >= 11 is 0. The summed E-state index contributed by atoms with van der Waals surface area (Å²) in [6.45, 7) is 3.11. The van der Waals surface area contributed by atoms with E-state index in [1.807, 2.05) is 6.92 Å². The monoisotopic (exact) mass is 339 g/mol. The van der Waals surface area contributed by atoms with Gasteiger partial charge >= 0.3 is 12.0 Å². The number of nitrogens with one attached hydrogen (secondary N) is 1. The number of carboxylic acid groups (broad SMARTS) is 1. The van der Waals surface area contributed by atoms with Crippen molar-refractivity contribution in [1.29, 1.82) is 0 Å². The van der Waals surface area contributed by atoms with Gasteiger partial charge < -0.3 is 15.3 Å². The van der Waals surface area contributed by atoms with Gasteiger partial charge in [-0.3, -0.25) is 19.3 Å². The first-order valence-electron chi connectivity index (χ1n) is 8.30. The zero-order valence-corrected chi connectivity index (χ0v) is 14.4. The summed E-state index contributed by atoms with van der Waals surface area (Å²) in [7, 11) is 1.47. The van der Waals surface area contributed by atoms with Crippen LogP contribution < -0.4 is 5.32 Å². The summed E-state index contributed by atoms with van der Waals surface area (Å²) in [5.74, 6) is -2.47. The maximum atomic E-state index is 12.8. The Morgan fingerprint density at radius 3 is 2.67 bits per heavy atom. The van der Waals surface area contributed by atoms with Gasteiger partial charge in [-0.1, -0.05) is 26.7 Å². The van der Waals surface area contributed by atoms with Gasteiger partial charge in [0, 0.05) is 13.6 Å². The Bertz CT molecular complexity index is 564. The molecular formula is C16H25N3O5. The van der Waals surface area contributed by atoms with E-state index in [1.54, 1.807) is 0 Å². The second kappa shape index (κ2) is 6.78. The molecule has 4 amide bonds. The predicted octanol–water partition coefficient (Wildman–Crippen LogP) is 0.666. The lowest BCUT2D eigenvalue weighted by molar-refractivity contribution is -0.144. The highest BCUT2D eigenvalue weighted by Crippen LogP contribution is 2.38. The van der Waals surface area contributed by atoms with Gasteiger partial charge in [-0.2, -0.15) is 0 Å². The van der Waals surface area contributed by atoms with Crippen LogP contribution in [-0.2, 0) is 14.4 Å². The molecule has 8 nitrogen and oxygen atoms in total. The van der Waals surface area contributed by atoms with Gasteiger partial charge in [0.15, 0.2) is 0 Å². The minimum atomic E-state index is -1.00. The average molecular weight is 339 g/mol. The smallest absolute Gasteiger partial charge is 0.325 e. The first-order chi connectivity index (χ1) is 11.2. The van der Waals surface area contributed by atoms with Gasteiger partial charge in [-0.15, -0.1) is 0 Å². The summed E-state index contributed by atoms with van der Waals surface area (Å²) in [6, 6.07) is -0.540. The summed E-state index contributed by atoms with van der Waals surface area (Å²) in [5, 5.41) is 11.7. The molecule has 134 valence electrons. The molecule has 2 fully saturated rings. The molecule has 0 radical (unpaired) electrons. The third-order valence-corrected chi connectivity index (χ3v) is 5.19. The van der Waals surface area contributed by atoms with E-state index in [1.165, 1.54) is 18.9 Å². The summed E-state index contributed by atoms with van der Waals surface area (Å²) < 4.78 is 0. The Morgan fingerprint density at radius 1 is 1.42 bits per heavy atom. The van der Waals surface area contributed by atoms with Crippen molar-refractivity contribution >= 4 is 23.8 Å². The van der Waals surface area contributed by atoms with Crippen molar-refractivity contribution in [3.63, 3.8) is 0 Å². The molecule has 24 heavy (non-hydrogen) atoms. The number of hydrogen-bond donors (Lipinski definition) is 2. The largest absolute Gasteiger partial charge is 0.481 e. The molecule has 2 aliphatic rings. The third-order valence-electron chi connectivity index (χ3n) is 5.19. The van der Waals surface area contributed by atoms with Crippen LogP contribution >= 0.6 is 0 Å². The molecule has 1 aliphatic carbocycles. The molecule has 0 aromatic heterocycles. The molecule has 0 bridgehead atoms. The summed E-state index contributed by atoms with van der Waals surface area (Å²) in [5.41, 5.74) is -0.886. The van der Waals surface area contributed by atoms with Crippen molar-refractivity contribution in [3.8, 4) is 0 Å². The highest BCUT2D eigenvalue weighted by molar-refractivity contribution is 6.09. The number of carbonyl (C=O) groups is 4. The van der Waals surface area contributed by atoms with Crippen molar-refractivity contribution < 1.29 is 24.3 Å². The minimum absolute atomic E-state index is 0.0271. The zero-order chi connectivity index (χ0) is 18.1. The van der Waals surface area contributed by atoms with E-state index in [2.05, 4.69) is 5.32 Å². The molecule has 1 saturated heterocycles. The lowest BCUT2D eigenvalue weighted by Crippen LogP contribution is -2.54. The molecular weight excluding hydrogens is 314 g/mol. The lowest BCUT2D eigenvalue weighted by atomic mass is 9.73. The number of hydrogen-bond acceptors (Lipinski definition) is 4. The van der Waals surface area contributed by atoms with Crippen LogP contribution in [-0.4, -0.2) is 64.4 Å². The fourth-order valence-electron chi connectivity index (χ4n) is 3.49.